The van der Waals surface area contributed by atoms with Crippen molar-refractivity contribution in [1.29, 1.82) is 0 Å². The summed E-state index contributed by atoms with van der Waals surface area (Å²) < 4.78 is 0. The number of hydrogen-bond acceptors (Lipinski definition) is 6. The molecule has 1 fully saturated rings. The summed E-state index contributed by atoms with van der Waals surface area (Å²) in [5, 5.41) is 0.438. The molecular formula is C13H15ClN6. The Balaban J connectivity index is 1.87. The van der Waals surface area contributed by atoms with E-state index in [1.165, 1.54) is 25.5 Å². The van der Waals surface area contributed by atoms with Crippen molar-refractivity contribution in [3.8, 4) is 11.3 Å². The van der Waals surface area contributed by atoms with E-state index < -0.39 is 0 Å². The number of halogens is 1. The van der Waals surface area contributed by atoms with E-state index >= 15 is 0 Å². The van der Waals surface area contributed by atoms with E-state index in [4.69, 9.17) is 17.3 Å². The molecule has 0 bridgehead atoms. The Hall–Kier alpha value is -1.95. The summed E-state index contributed by atoms with van der Waals surface area (Å²) in [5.74, 6) is 0.941. The van der Waals surface area contributed by atoms with Crippen molar-refractivity contribution < 1.29 is 0 Å². The monoisotopic (exact) mass is 290 g/mol. The van der Waals surface area contributed by atoms with Gasteiger partial charge in [0.05, 0.1) is 16.9 Å². The van der Waals surface area contributed by atoms with Gasteiger partial charge in [0, 0.05) is 31.0 Å². The smallest absolute Gasteiger partial charge is 0.225 e. The van der Waals surface area contributed by atoms with Gasteiger partial charge in [-0.05, 0) is 19.3 Å². The molecule has 0 aromatic carbocycles. The SMILES string of the molecule is Nc1ncc(Cl)c(-c2cnc(N3CCCCC3)nc2)n1. The van der Waals surface area contributed by atoms with Crippen molar-refractivity contribution in [2.24, 2.45) is 0 Å². The molecule has 6 nitrogen and oxygen atoms in total. The molecule has 104 valence electrons. The van der Waals surface area contributed by atoms with Crippen LogP contribution in [0.15, 0.2) is 18.6 Å². The quantitative estimate of drug-likeness (QED) is 0.913. The van der Waals surface area contributed by atoms with Crippen molar-refractivity contribution in [3.63, 3.8) is 0 Å². The lowest BCUT2D eigenvalue weighted by Crippen LogP contribution is -2.30. The predicted octanol–water partition coefficient (Wildman–Crippen LogP) is 2.16. The first kappa shape index (κ1) is 13.1. The maximum Gasteiger partial charge on any atom is 0.225 e. The molecule has 20 heavy (non-hydrogen) atoms. The lowest BCUT2D eigenvalue weighted by Gasteiger charge is -2.26. The third-order valence-electron chi connectivity index (χ3n) is 3.31. The maximum atomic E-state index is 6.07. The van der Waals surface area contributed by atoms with E-state index in [0.717, 1.165) is 24.6 Å². The summed E-state index contributed by atoms with van der Waals surface area (Å²) in [7, 11) is 0. The molecule has 1 aliphatic heterocycles. The molecule has 0 atom stereocenters. The number of aromatic nitrogens is 4. The second-order valence-electron chi connectivity index (χ2n) is 4.74. The van der Waals surface area contributed by atoms with Crippen LogP contribution >= 0.6 is 11.6 Å². The third kappa shape index (κ3) is 2.65. The minimum atomic E-state index is 0.185. The fourth-order valence-corrected chi connectivity index (χ4v) is 2.48. The summed E-state index contributed by atoms with van der Waals surface area (Å²) in [6, 6.07) is 0. The number of piperidine rings is 1. The van der Waals surface area contributed by atoms with Crippen LogP contribution in [0.3, 0.4) is 0 Å². The summed E-state index contributed by atoms with van der Waals surface area (Å²) in [5.41, 5.74) is 6.88. The maximum absolute atomic E-state index is 6.07. The van der Waals surface area contributed by atoms with E-state index in [1.807, 2.05) is 0 Å². The van der Waals surface area contributed by atoms with Crippen molar-refractivity contribution in [3.05, 3.63) is 23.6 Å². The van der Waals surface area contributed by atoms with E-state index in [0.29, 0.717) is 10.7 Å². The van der Waals surface area contributed by atoms with Gasteiger partial charge in [-0.25, -0.2) is 19.9 Å². The van der Waals surface area contributed by atoms with Crippen LogP contribution in [0.1, 0.15) is 19.3 Å². The minimum absolute atomic E-state index is 0.185. The van der Waals surface area contributed by atoms with Crippen LogP contribution < -0.4 is 10.6 Å². The van der Waals surface area contributed by atoms with Crippen LogP contribution in [0, 0.1) is 0 Å². The Morgan fingerprint density at radius 3 is 2.40 bits per heavy atom. The summed E-state index contributed by atoms with van der Waals surface area (Å²) in [4.78, 5) is 19.0. The molecule has 7 heteroatoms. The zero-order chi connectivity index (χ0) is 13.9. The van der Waals surface area contributed by atoms with Crippen molar-refractivity contribution >= 4 is 23.5 Å². The van der Waals surface area contributed by atoms with Gasteiger partial charge in [-0.1, -0.05) is 11.6 Å². The number of rotatable bonds is 2. The van der Waals surface area contributed by atoms with E-state index in [9.17, 15) is 0 Å². The summed E-state index contributed by atoms with van der Waals surface area (Å²) in [6.07, 6.45) is 8.61. The third-order valence-corrected chi connectivity index (χ3v) is 3.59. The van der Waals surface area contributed by atoms with Gasteiger partial charge >= 0.3 is 0 Å². The van der Waals surface area contributed by atoms with E-state index in [-0.39, 0.29) is 5.95 Å². The first-order valence-electron chi connectivity index (χ1n) is 6.59. The number of hydrogen-bond donors (Lipinski definition) is 1. The van der Waals surface area contributed by atoms with Crippen LogP contribution in [-0.2, 0) is 0 Å². The number of nitrogens with two attached hydrogens (primary N) is 1. The highest BCUT2D eigenvalue weighted by Crippen LogP contribution is 2.25. The average molecular weight is 291 g/mol. The van der Waals surface area contributed by atoms with Gasteiger partial charge in [0.1, 0.15) is 0 Å². The molecule has 0 radical (unpaired) electrons. The minimum Gasteiger partial charge on any atom is -0.368 e. The normalized spacial score (nSPS) is 15.3. The Bertz CT molecular complexity index is 594. The Morgan fingerprint density at radius 1 is 1.00 bits per heavy atom. The van der Waals surface area contributed by atoms with Crippen LogP contribution in [0.2, 0.25) is 5.02 Å². The van der Waals surface area contributed by atoms with Gasteiger partial charge in [-0.15, -0.1) is 0 Å². The second-order valence-corrected chi connectivity index (χ2v) is 5.15. The lowest BCUT2D eigenvalue weighted by atomic mass is 10.1. The fraction of sp³-hybridized carbons (Fsp3) is 0.385. The largest absolute Gasteiger partial charge is 0.368 e. The topological polar surface area (TPSA) is 80.8 Å². The first-order chi connectivity index (χ1) is 9.74. The predicted molar refractivity (Wildman–Crippen MR) is 78.5 cm³/mol. The van der Waals surface area contributed by atoms with Crippen LogP contribution in [0.4, 0.5) is 11.9 Å². The molecule has 0 spiro atoms. The molecule has 1 saturated heterocycles. The van der Waals surface area contributed by atoms with Crippen LogP contribution in [0.25, 0.3) is 11.3 Å². The molecule has 0 saturated carbocycles. The zero-order valence-corrected chi connectivity index (χ0v) is 11.7. The highest BCUT2D eigenvalue weighted by atomic mass is 35.5. The molecule has 1 aliphatic rings. The second kappa shape index (κ2) is 5.58. The highest BCUT2D eigenvalue weighted by Gasteiger charge is 2.14. The standard InChI is InChI=1S/C13H15ClN6/c14-10-8-16-12(15)19-11(10)9-6-17-13(18-7-9)20-4-2-1-3-5-20/h6-8H,1-5H2,(H2,15,16,19). The van der Waals surface area contributed by atoms with Gasteiger partial charge in [0.15, 0.2) is 0 Å². The van der Waals surface area contributed by atoms with Crippen molar-refractivity contribution in [2.75, 3.05) is 23.7 Å². The Labute approximate surface area is 122 Å². The molecule has 0 unspecified atom stereocenters. The van der Waals surface area contributed by atoms with Crippen molar-refractivity contribution in [1.82, 2.24) is 19.9 Å². The summed E-state index contributed by atoms with van der Waals surface area (Å²) >= 11 is 6.07. The zero-order valence-electron chi connectivity index (χ0n) is 11.0. The Morgan fingerprint density at radius 2 is 1.70 bits per heavy atom. The van der Waals surface area contributed by atoms with Gasteiger partial charge < -0.3 is 10.6 Å². The lowest BCUT2D eigenvalue weighted by molar-refractivity contribution is 0.568. The van der Waals surface area contributed by atoms with Gasteiger partial charge in [0.25, 0.3) is 0 Å². The van der Waals surface area contributed by atoms with Gasteiger partial charge in [-0.3, -0.25) is 0 Å². The fourth-order valence-electron chi connectivity index (χ4n) is 2.28. The number of nitrogen functional groups attached to an aromatic ring is 1. The molecule has 3 heterocycles. The van der Waals surface area contributed by atoms with Crippen LogP contribution in [0.5, 0.6) is 0 Å². The molecule has 2 N–H and O–H groups in total. The molecule has 0 amide bonds. The van der Waals surface area contributed by atoms with Crippen LogP contribution in [-0.4, -0.2) is 33.0 Å². The first-order valence-corrected chi connectivity index (χ1v) is 6.97. The molecule has 2 aromatic heterocycles. The van der Waals surface area contributed by atoms with E-state index in [2.05, 4.69) is 24.8 Å². The van der Waals surface area contributed by atoms with Gasteiger partial charge in [-0.2, -0.15) is 0 Å². The molecule has 0 aliphatic carbocycles. The molecule has 2 aromatic rings. The average Bonchev–Trinajstić information content (AvgIpc) is 2.51. The molecule has 3 rings (SSSR count). The number of nitrogens with zero attached hydrogens (tertiary/aromatic N) is 5. The Kier molecular flexibility index (Phi) is 3.64. The van der Waals surface area contributed by atoms with Gasteiger partial charge in [0.2, 0.25) is 11.9 Å². The molecular weight excluding hydrogens is 276 g/mol. The highest BCUT2D eigenvalue weighted by molar-refractivity contribution is 6.32. The summed E-state index contributed by atoms with van der Waals surface area (Å²) in [6.45, 7) is 2.03. The van der Waals surface area contributed by atoms with Crippen molar-refractivity contribution in [2.45, 2.75) is 19.3 Å². The van der Waals surface area contributed by atoms with E-state index in [1.54, 1.807) is 12.4 Å². The number of anilines is 2.